The van der Waals surface area contributed by atoms with Gasteiger partial charge in [-0.1, -0.05) is 29.8 Å². The van der Waals surface area contributed by atoms with E-state index in [-0.39, 0.29) is 11.9 Å². The maximum atomic E-state index is 12.8. The molecule has 6 nitrogen and oxygen atoms in total. The van der Waals surface area contributed by atoms with Gasteiger partial charge in [-0.05, 0) is 31.5 Å². The topological polar surface area (TPSA) is 63.0 Å². The van der Waals surface area contributed by atoms with Gasteiger partial charge in [0, 0.05) is 31.2 Å². The summed E-state index contributed by atoms with van der Waals surface area (Å²) in [7, 11) is 1.37. The number of esters is 1. The summed E-state index contributed by atoms with van der Waals surface area (Å²) in [4.78, 5) is 29.0. The average Bonchev–Trinajstić information content (AvgIpc) is 3.01. The molecule has 2 aromatic rings. The van der Waals surface area contributed by atoms with Gasteiger partial charge in [0.1, 0.15) is 17.6 Å². The first-order valence-corrected chi connectivity index (χ1v) is 9.22. The molecule has 0 spiro atoms. The summed E-state index contributed by atoms with van der Waals surface area (Å²) in [6, 6.07) is 8.45. The molecule has 1 saturated heterocycles. The fraction of sp³-hybridized carbons (Fsp3) is 0.400. The molecule has 0 N–H and O–H groups in total. The number of aryl methyl sites for hydroxylation is 2. The van der Waals surface area contributed by atoms with Gasteiger partial charge in [-0.25, -0.2) is 4.79 Å². The van der Waals surface area contributed by atoms with Gasteiger partial charge < -0.3 is 14.1 Å². The number of methoxy groups -OCH3 is 1. The van der Waals surface area contributed by atoms with Gasteiger partial charge in [0.2, 0.25) is 0 Å². The van der Waals surface area contributed by atoms with Crippen LogP contribution in [0.4, 0.5) is 0 Å². The third kappa shape index (κ3) is 4.01. The smallest absolute Gasteiger partial charge is 0.327 e. The average molecular weight is 391 g/mol. The van der Waals surface area contributed by atoms with Gasteiger partial charge in [0.25, 0.3) is 5.91 Å². The van der Waals surface area contributed by atoms with Crippen LogP contribution in [0, 0.1) is 13.8 Å². The van der Waals surface area contributed by atoms with E-state index < -0.39 is 6.04 Å². The predicted octanol–water partition coefficient (Wildman–Crippen LogP) is 3.22. The van der Waals surface area contributed by atoms with Crippen LogP contribution in [0.15, 0.2) is 34.7 Å². The Balaban J connectivity index is 1.74. The van der Waals surface area contributed by atoms with Crippen LogP contribution in [0.5, 0.6) is 0 Å². The van der Waals surface area contributed by atoms with Gasteiger partial charge >= 0.3 is 5.97 Å². The zero-order chi connectivity index (χ0) is 19.6. The number of hydrogen-bond acceptors (Lipinski definition) is 5. The lowest BCUT2D eigenvalue weighted by molar-refractivity contribution is -0.148. The molecule has 0 unspecified atom stereocenters. The summed E-state index contributed by atoms with van der Waals surface area (Å²) >= 11 is 6.31. The summed E-state index contributed by atoms with van der Waals surface area (Å²) in [5.41, 5.74) is 1.31. The molecule has 1 amide bonds. The maximum Gasteiger partial charge on any atom is 0.327 e. The SMILES string of the molecule is COC(=O)[C@H](c1ccccc1Cl)N1CCN(C(=O)c2cc(C)oc2C)CC1. The Morgan fingerprint density at radius 2 is 1.81 bits per heavy atom. The van der Waals surface area contributed by atoms with E-state index in [2.05, 4.69) is 0 Å². The molecular formula is C20H23ClN2O4. The Bertz CT molecular complexity index is 840. The van der Waals surface area contributed by atoms with E-state index in [0.29, 0.717) is 48.1 Å². The van der Waals surface area contributed by atoms with Gasteiger partial charge in [0.05, 0.1) is 12.7 Å². The van der Waals surface area contributed by atoms with E-state index in [4.69, 9.17) is 20.8 Å². The van der Waals surface area contributed by atoms with Crippen molar-refractivity contribution in [3.63, 3.8) is 0 Å². The lowest BCUT2D eigenvalue weighted by atomic mass is 10.0. The number of amides is 1. The van der Waals surface area contributed by atoms with Crippen LogP contribution < -0.4 is 0 Å². The van der Waals surface area contributed by atoms with Gasteiger partial charge in [-0.3, -0.25) is 9.69 Å². The van der Waals surface area contributed by atoms with Crippen LogP contribution in [0.2, 0.25) is 5.02 Å². The lowest BCUT2D eigenvalue weighted by Crippen LogP contribution is -2.51. The van der Waals surface area contributed by atoms with Crippen molar-refractivity contribution in [2.75, 3.05) is 33.3 Å². The number of carbonyl (C=O) groups is 2. The monoisotopic (exact) mass is 390 g/mol. The number of piperazine rings is 1. The van der Waals surface area contributed by atoms with Crippen molar-refractivity contribution in [3.8, 4) is 0 Å². The predicted molar refractivity (Wildman–Crippen MR) is 102 cm³/mol. The van der Waals surface area contributed by atoms with Crippen molar-refractivity contribution in [1.82, 2.24) is 9.80 Å². The Kier molecular flexibility index (Phi) is 5.87. The van der Waals surface area contributed by atoms with E-state index in [0.717, 1.165) is 5.76 Å². The molecular weight excluding hydrogens is 368 g/mol. The molecule has 2 heterocycles. The molecule has 3 rings (SSSR count). The van der Waals surface area contributed by atoms with E-state index in [1.54, 1.807) is 24.0 Å². The van der Waals surface area contributed by atoms with Crippen LogP contribution in [0.1, 0.15) is 33.5 Å². The van der Waals surface area contributed by atoms with Crippen LogP contribution in [0.3, 0.4) is 0 Å². The number of benzene rings is 1. The van der Waals surface area contributed by atoms with E-state index >= 15 is 0 Å². The molecule has 0 aliphatic carbocycles. The molecule has 0 radical (unpaired) electrons. The lowest BCUT2D eigenvalue weighted by Gasteiger charge is -2.38. The molecule has 1 fully saturated rings. The van der Waals surface area contributed by atoms with Crippen molar-refractivity contribution in [2.45, 2.75) is 19.9 Å². The van der Waals surface area contributed by atoms with Gasteiger partial charge in [-0.15, -0.1) is 0 Å². The summed E-state index contributed by atoms with van der Waals surface area (Å²) in [6.45, 7) is 5.74. The zero-order valence-electron chi connectivity index (χ0n) is 15.7. The second kappa shape index (κ2) is 8.15. The number of carbonyl (C=O) groups excluding carboxylic acids is 2. The Morgan fingerprint density at radius 1 is 1.15 bits per heavy atom. The molecule has 1 atom stereocenters. The number of rotatable bonds is 4. The van der Waals surface area contributed by atoms with Crippen molar-refractivity contribution in [1.29, 1.82) is 0 Å². The fourth-order valence-electron chi connectivity index (χ4n) is 3.48. The Morgan fingerprint density at radius 3 is 2.37 bits per heavy atom. The third-order valence-electron chi connectivity index (χ3n) is 4.86. The second-order valence-corrected chi connectivity index (χ2v) is 7.01. The summed E-state index contributed by atoms with van der Waals surface area (Å²) in [5, 5.41) is 0.524. The number of nitrogens with zero attached hydrogens (tertiary/aromatic N) is 2. The zero-order valence-corrected chi connectivity index (χ0v) is 16.5. The molecule has 1 aromatic heterocycles. The highest BCUT2D eigenvalue weighted by atomic mass is 35.5. The van der Waals surface area contributed by atoms with Gasteiger partial charge in [-0.2, -0.15) is 0 Å². The first kappa shape index (κ1) is 19.5. The van der Waals surface area contributed by atoms with E-state index in [1.165, 1.54) is 7.11 Å². The molecule has 0 bridgehead atoms. The van der Waals surface area contributed by atoms with Crippen LogP contribution in [-0.4, -0.2) is 55.0 Å². The Hall–Kier alpha value is -2.31. The van der Waals surface area contributed by atoms with Crippen molar-refractivity contribution in [3.05, 3.63) is 58.0 Å². The van der Waals surface area contributed by atoms with Crippen molar-refractivity contribution in [2.24, 2.45) is 0 Å². The molecule has 0 saturated carbocycles. The standard InChI is InChI=1S/C20H23ClN2O4/c1-13-12-16(14(2)27-13)19(24)23-10-8-22(9-11-23)18(20(25)26-3)15-6-4-5-7-17(15)21/h4-7,12,18H,8-11H2,1-3H3/t18-/m0/s1. The van der Waals surface area contributed by atoms with Crippen molar-refractivity contribution >= 4 is 23.5 Å². The normalized spacial score (nSPS) is 16.2. The molecule has 144 valence electrons. The molecule has 7 heteroatoms. The number of furan rings is 1. The Labute approximate surface area is 163 Å². The van der Waals surface area contributed by atoms with Crippen LogP contribution in [-0.2, 0) is 9.53 Å². The highest BCUT2D eigenvalue weighted by molar-refractivity contribution is 6.31. The second-order valence-electron chi connectivity index (χ2n) is 6.60. The summed E-state index contributed by atoms with van der Waals surface area (Å²) < 4.78 is 10.5. The van der Waals surface area contributed by atoms with E-state index in [9.17, 15) is 9.59 Å². The first-order chi connectivity index (χ1) is 12.9. The highest BCUT2D eigenvalue weighted by Gasteiger charge is 2.34. The molecule has 1 aromatic carbocycles. The molecule has 27 heavy (non-hydrogen) atoms. The quantitative estimate of drug-likeness (QED) is 0.750. The minimum absolute atomic E-state index is 0.0450. The summed E-state index contributed by atoms with van der Waals surface area (Å²) in [6.07, 6.45) is 0. The minimum Gasteiger partial charge on any atom is -0.468 e. The van der Waals surface area contributed by atoms with Crippen molar-refractivity contribution < 1.29 is 18.7 Å². The number of halogens is 1. The number of hydrogen-bond donors (Lipinski definition) is 0. The minimum atomic E-state index is -0.584. The first-order valence-electron chi connectivity index (χ1n) is 8.85. The largest absolute Gasteiger partial charge is 0.468 e. The number of ether oxygens (including phenoxy) is 1. The van der Waals surface area contributed by atoms with Crippen LogP contribution in [0.25, 0.3) is 0 Å². The molecule has 1 aliphatic rings. The fourth-order valence-corrected chi connectivity index (χ4v) is 3.72. The molecule has 1 aliphatic heterocycles. The van der Waals surface area contributed by atoms with E-state index in [1.807, 2.05) is 30.0 Å². The third-order valence-corrected chi connectivity index (χ3v) is 5.21. The van der Waals surface area contributed by atoms with Gasteiger partial charge in [0.15, 0.2) is 0 Å². The summed E-state index contributed by atoms with van der Waals surface area (Å²) in [5.74, 6) is 0.947. The van der Waals surface area contributed by atoms with Crippen LogP contribution >= 0.6 is 11.6 Å². The maximum absolute atomic E-state index is 12.8. The highest BCUT2D eigenvalue weighted by Crippen LogP contribution is 2.29.